The highest BCUT2D eigenvalue weighted by atomic mass is 32.2. The average molecular weight is 290 g/mol. The summed E-state index contributed by atoms with van der Waals surface area (Å²) in [6.45, 7) is 4.06. The molecule has 0 bridgehead atoms. The number of carbonyl (C=O) groups is 1. The molecule has 0 saturated heterocycles. The smallest absolute Gasteiger partial charge is 0.234 e. The van der Waals surface area contributed by atoms with Crippen LogP contribution in [0.2, 0.25) is 0 Å². The summed E-state index contributed by atoms with van der Waals surface area (Å²) in [4.78, 5) is 16.2. The van der Waals surface area contributed by atoms with Gasteiger partial charge >= 0.3 is 0 Å². The zero-order valence-electron chi connectivity index (χ0n) is 11.6. The van der Waals surface area contributed by atoms with Gasteiger partial charge in [-0.2, -0.15) is 0 Å². The number of nitrogens with zero attached hydrogens (tertiary/aromatic N) is 2. The molecule has 20 heavy (non-hydrogen) atoms. The van der Waals surface area contributed by atoms with E-state index in [0.717, 1.165) is 29.9 Å². The lowest BCUT2D eigenvalue weighted by Crippen LogP contribution is -2.14. The van der Waals surface area contributed by atoms with Crippen LogP contribution in [0.3, 0.4) is 0 Å². The number of amides is 1. The minimum absolute atomic E-state index is 0.0499. The number of hydrogen-bond donors (Lipinski definition) is 2. The molecule has 0 unspecified atom stereocenters. The monoisotopic (exact) mass is 290 g/mol. The van der Waals surface area contributed by atoms with E-state index >= 15 is 0 Å². The van der Waals surface area contributed by atoms with Crippen molar-refractivity contribution in [1.82, 2.24) is 15.2 Å². The summed E-state index contributed by atoms with van der Waals surface area (Å²) in [5.74, 6) is 1.12. The zero-order chi connectivity index (χ0) is 14.4. The van der Waals surface area contributed by atoms with Crippen LogP contribution in [0.5, 0.6) is 0 Å². The third kappa shape index (κ3) is 4.09. The van der Waals surface area contributed by atoms with Crippen molar-refractivity contribution < 1.29 is 4.79 Å². The Bertz CT molecular complexity index is 582. The van der Waals surface area contributed by atoms with Gasteiger partial charge < -0.3 is 5.32 Å². The SMILES string of the molecule is CCCc1nc(SCC(=O)Nc2ccccc2C)n[nH]1. The summed E-state index contributed by atoms with van der Waals surface area (Å²) < 4.78 is 0. The second kappa shape index (κ2) is 7.09. The first kappa shape index (κ1) is 14.6. The minimum Gasteiger partial charge on any atom is -0.325 e. The third-order valence-corrected chi connectivity index (χ3v) is 3.60. The lowest BCUT2D eigenvalue weighted by atomic mass is 10.2. The number of benzene rings is 1. The highest BCUT2D eigenvalue weighted by Gasteiger charge is 2.08. The van der Waals surface area contributed by atoms with Crippen LogP contribution in [0.4, 0.5) is 5.69 Å². The van der Waals surface area contributed by atoms with Crippen LogP contribution in [0, 0.1) is 6.92 Å². The Balaban J connectivity index is 1.84. The molecule has 0 aliphatic heterocycles. The van der Waals surface area contributed by atoms with Gasteiger partial charge in [0.25, 0.3) is 0 Å². The van der Waals surface area contributed by atoms with E-state index in [-0.39, 0.29) is 5.91 Å². The number of H-pyrrole nitrogens is 1. The van der Waals surface area contributed by atoms with Crippen molar-refractivity contribution in [2.24, 2.45) is 0 Å². The van der Waals surface area contributed by atoms with Crippen LogP contribution in [0.1, 0.15) is 24.7 Å². The molecule has 0 atom stereocenters. The second-order valence-electron chi connectivity index (χ2n) is 4.47. The van der Waals surface area contributed by atoms with Crippen LogP contribution in [-0.2, 0) is 11.2 Å². The zero-order valence-corrected chi connectivity index (χ0v) is 12.5. The molecule has 106 valence electrons. The molecule has 6 heteroatoms. The Morgan fingerprint density at radius 1 is 1.40 bits per heavy atom. The number of anilines is 1. The van der Waals surface area contributed by atoms with E-state index in [9.17, 15) is 4.79 Å². The first-order chi connectivity index (χ1) is 9.69. The summed E-state index contributed by atoms with van der Waals surface area (Å²) in [7, 11) is 0. The van der Waals surface area contributed by atoms with Crippen LogP contribution >= 0.6 is 11.8 Å². The van der Waals surface area contributed by atoms with Gasteiger partial charge in [0, 0.05) is 12.1 Å². The van der Waals surface area contributed by atoms with E-state index in [1.165, 1.54) is 11.8 Å². The van der Waals surface area contributed by atoms with Crippen molar-refractivity contribution >= 4 is 23.4 Å². The molecule has 2 rings (SSSR count). The highest BCUT2D eigenvalue weighted by molar-refractivity contribution is 7.99. The molecule has 1 heterocycles. The van der Waals surface area contributed by atoms with Crippen molar-refractivity contribution in [2.75, 3.05) is 11.1 Å². The highest BCUT2D eigenvalue weighted by Crippen LogP contribution is 2.16. The van der Waals surface area contributed by atoms with Gasteiger partial charge in [-0.3, -0.25) is 9.89 Å². The third-order valence-electron chi connectivity index (χ3n) is 2.75. The Hall–Kier alpha value is -1.82. The molecule has 2 aromatic rings. The fraction of sp³-hybridized carbons (Fsp3) is 0.357. The summed E-state index contributed by atoms with van der Waals surface area (Å²) >= 11 is 1.33. The molecule has 1 aromatic carbocycles. The van der Waals surface area contributed by atoms with Crippen molar-refractivity contribution in [3.05, 3.63) is 35.7 Å². The van der Waals surface area contributed by atoms with E-state index in [0.29, 0.717) is 10.9 Å². The normalized spacial score (nSPS) is 10.5. The van der Waals surface area contributed by atoms with E-state index in [1.54, 1.807) is 0 Å². The fourth-order valence-electron chi connectivity index (χ4n) is 1.72. The molecule has 0 saturated carbocycles. The maximum absolute atomic E-state index is 11.9. The van der Waals surface area contributed by atoms with Gasteiger partial charge in [-0.25, -0.2) is 4.98 Å². The van der Waals surface area contributed by atoms with Crippen LogP contribution in [0.15, 0.2) is 29.4 Å². The molecule has 0 radical (unpaired) electrons. The number of thioether (sulfide) groups is 1. The summed E-state index contributed by atoms with van der Waals surface area (Å²) in [6.07, 6.45) is 1.90. The van der Waals surface area contributed by atoms with Crippen LogP contribution in [0.25, 0.3) is 0 Å². The van der Waals surface area contributed by atoms with Crippen molar-refractivity contribution in [1.29, 1.82) is 0 Å². The van der Waals surface area contributed by atoms with Crippen LogP contribution in [-0.4, -0.2) is 26.8 Å². The Labute approximate surface area is 122 Å². The predicted molar refractivity (Wildman–Crippen MR) is 80.9 cm³/mol. The standard InChI is InChI=1S/C14H18N4OS/c1-3-6-12-16-14(18-17-12)20-9-13(19)15-11-8-5-4-7-10(11)2/h4-5,7-8H,3,6,9H2,1-2H3,(H,15,19)(H,16,17,18). The number of rotatable bonds is 6. The number of aromatic amines is 1. The van der Waals surface area contributed by atoms with Gasteiger partial charge in [-0.15, -0.1) is 5.10 Å². The van der Waals surface area contributed by atoms with Crippen LogP contribution < -0.4 is 5.32 Å². The molecular weight excluding hydrogens is 272 g/mol. The number of carbonyl (C=O) groups excluding carboxylic acids is 1. The molecule has 2 N–H and O–H groups in total. The molecule has 0 aliphatic rings. The lowest BCUT2D eigenvalue weighted by Gasteiger charge is -2.06. The Morgan fingerprint density at radius 3 is 2.95 bits per heavy atom. The van der Waals surface area contributed by atoms with Gasteiger partial charge in [-0.05, 0) is 25.0 Å². The van der Waals surface area contributed by atoms with Crippen molar-refractivity contribution in [3.8, 4) is 0 Å². The van der Waals surface area contributed by atoms with E-state index in [1.807, 2.05) is 31.2 Å². The molecule has 0 aliphatic carbocycles. The molecule has 1 amide bonds. The number of aryl methyl sites for hydroxylation is 2. The topological polar surface area (TPSA) is 70.7 Å². The number of nitrogens with one attached hydrogen (secondary N) is 2. The Morgan fingerprint density at radius 2 is 2.20 bits per heavy atom. The number of para-hydroxylation sites is 1. The molecule has 5 nitrogen and oxygen atoms in total. The number of hydrogen-bond acceptors (Lipinski definition) is 4. The summed E-state index contributed by atoms with van der Waals surface area (Å²) in [5.41, 5.74) is 1.90. The predicted octanol–water partition coefficient (Wildman–Crippen LogP) is 2.80. The van der Waals surface area contributed by atoms with E-state index < -0.39 is 0 Å². The van der Waals surface area contributed by atoms with Crippen molar-refractivity contribution in [3.63, 3.8) is 0 Å². The first-order valence-electron chi connectivity index (χ1n) is 6.58. The quantitative estimate of drug-likeness (QED) is 0.803. The van der Waals surface area contributed by atoms with Gasteiger partial charge in [0.05, 0.1) is 5.75 Å². The van der Waals surface area contributed by atoms with Gasteiger partial charge in [0.15, 0.2) is 0 Å². The van der Waals surface area contributed by atoms with Gasteiger partial charge in [-0.1, -0.05) is 36.9 Å². The summed E-state index contributed by atoms with van der Waals surface area (Å²) in [5, 5.41) is 10.5. The average Bonchev–Trinajstić information content (AvgIpc) is 2.87. The summed E-state index contributed by atoms with van der Waals surface area (Å²) in [6, 6.07) is 7.71. The van der Waals surface area contributed by atoms with Gasteiger partial charge in [0.1, 0.15) is 5.82 Å². The largest absolute Gasteiger partial charge is 0.325 e. The van der Waals surface area contributed by atoms with E-state index in [4.69, 9.17) is 0 Å². The Kier molecular flexibility index (Phi) is 5.17. The minimum atomic E-state index is -0.0499. The number of aromatic nitrogens is 3. The maximum Gasteiger partial charge on any atom is 0.234 e. The second-order valence-corrected chi connectivity index (χ2v) is 5.41. The molecule has 0 fully saturated rings. The van der Waals surface area contributed by atoms with Gasteiger partial charge in [0.2, 0.25) is 11.1 Å². The van der Waals surface area contributed by atoms with E-state index in [2.05, 4.69) is 27.4 Å². The molecular formula is C14H18N4OS. The molecule has 0 spiro atoms. The fourth-order valence-corrected chi connectivity index (χ4v) is 2.34. The van der Waals surface area contributed by atoms with Crippen molar-refractivity contribution in [2.45, 2.75) is 31.8 Å². The maximum atomic E-state index is 11.9. The first-order valence-corrected chi connectivity index (χ1v) is 7.57. The molecule has 1 aromatic heterocycles. The lowest BCUT2D eigenvalue weighted by molar-refractivity contribution is -0.113.